The fourth-order valence-corrected chi connectivity index (χ4v) is 4.96. The van der Waals surface area contributed by atoms with Gasteiger partial charge in [-0.05, 0) is 87.0 Å². The summed E-state index contributed by atoms with van der Waals surface area (Å²) in [6, 6.07) is 12.3. The first-order valence-corrected chi connectivity index (χ1v) is 11.9. The minimum absolute atomic E-state index is 0. The molecule has 2 aromatic carbocycles. The lowest BCUT2D eigenvalue weighted by Crippen LogP contribution is -2.39. The van der Waals surface area contributed by atoms with Crippen LogP contribution in [0.15, 0.2) is 36.4 Å². The first-order chi connectivity index (χ1) is 15.6. The van der Waals surface area contributed by atoms with Crippen LogP contribution in [0.25, 0.3) is 0 Å². The molecule has 178 valence electrons. The molecule has 0 saturated heterocycles. The Kier molecular flexibility index (Phi) is 8.93. The predicted octanol–water partition coefficient (Wildman–Crippen LogP) is 4.87. The number of halogens is 1. The third kappa shape index (κ3) is 5.96. The Labute approximate surface area is 203 Å². The number of hydrogen-bond acceptors (Lipinski definition) is 4. The first-order valence-electron chi connectivity index (χ1n) is 11.9. The topological polar surface area (TPSA) is 49.9 Å². The smallest absolute Gasteiger partial charge is 0.227 e. The summed E-state index contributed by atoms with van der Waals surface area (Å²) in [5, 5.41) is 0. The molecule has 2 aliphatic heterocycles. The van der Waals surface area contributed by atoms with Gasteiger partial charge in [-0.15, -0.1) is 12.4 Å². The van der Waals surface area contributed by atoms with Gasteiger partial charge in [-0.3, -0.25) is 9.59 Å². The van der Waals surface area contributed by atoms with Crippen molar-refractivity contribution in [3.05, 3.63) is 58.7 Å². The van der Waals surface area contributed by atoms with E-state index in [0.717, 1.165) is 75.2 Å². The number of benzene rings is 2. The summed E-state index contributed by atoms with van der Waals surface area (Å²) in [4.78, 5) is 29.4. The van der Waals surface area contributed by atoms with Crippen molar-refractivity contribution in [2.45, 2.75) is 51.4 Å². The van der Waals surface area contributed by atoms with Crippen LogP contribution in [0, 0.1) is 0 Å². The van der Waals surface area contributed by atoms with Gasteiger partial charge in [0.15, 0.2) is 5.78 Å². The monoisotopic (exact) mass is 470 g/mol. The molecular weight excluding hydrogens is 436 g/mol. The van der Waals surface area contributed by atoms with Crippen LogP contribution in [0.1, 0.15) is 59.2 Å². The van der Waals surface area contributed by atoms with Crippen molar-refractivity contribution < 1.29 is 14.3 Å². The molecule has 0 N–H and O–H groups in total. The van der Waals surface area contributed by atoms with Gasteiger partial charge in [0.1, 0.15) is 5.75 Å². The van der Waals surface area contributed by atoms with Crippen LogP contribution in [-0.4, -0.2) is 50.4 Å². The average molecular weight is 471 g/mol. The van der Waals surface area contributed by atoms with Gasteiger partial charge in [-0.1, -0.05) is 18.2 Å². The standard InChI is InChI=1S/C27H34N2O3.ClH/c1-28(17-14-20-8-3-4-11-25(20)32-2)15-6-5-10-24(30)23-18-21-9-7-16-29-26(31)13-12-22(19-23)27(21)29;/h3-4,8,11,18-19H,5-7,9-10,12-17H2,1-2H3;1H. The maximum Gasteiger partial charge on any atom is 0.227 e. The van der Waals surface area contributed by atoms with E-state index in [0.29, 0.717) is 12.8 Å². The quantitative estimate of drug-likeness (QED) is 0.367. The lowest BCUT2D eigenvalue weighted by molar-refractivity contribution is -0.119. The van der Waals surface area contributed by atoms with Crippen LogP contribution in [-0.2, 0) is 24.1 Å². The van der Waals surface area contributed by atoms with E-state index in [1.807, 2.05) is 35.2 Å². The van der Waals surface area contributed by atoms with Crippen molar-refractivity contribution in [1.29, 1.82) is 0 Å². The van der Waals surface area contributed by atoms with E-state index in [4.69, 9.17) is 4.74 Å². The Hall–Kier alpha value is -2.37. The molecule has 0 atom stereocenters. The number of unbranched alkanes of at least 4 members (excludes halogenated alkanes) is 1. The summed E-state index contributed by atoms with van der Waals surface area (Å²) in [6.07, 6.45) is 6.71. The normalized spacial score (nSPS) is 14.6. The van der Waals surface area contributed by atoms with Crippen molar-refractivity contribution in [3.63, 3.8) is 0 Å². The van der Waals surface area contributed by atoms with E-state index in [-0.39, 0.29) is 24.1 Å². The minimum Gasteiger partial charge on any atom is -0.496 e. The zero-order valence-electron chi connectivity index (χ0n) is 19.8. The summed E-state index contributed by atoms with van der Waals surface area (Å²) in [5.41, 5.74) is 5.52. The number of likely N-dealkylation sites (N-methyl/N-ethyl adjacent to an activating group) is 1. The number of aryl methyl sites for hydroxylation is 2. The fraction of sp³-hybridized carbons (Fsp3) is 0.481. The van der Waals surface area contributed by atoms with Crippen molar-refractivity contribution in [3.8, 4) is 5.75 Å². The Balaban J connectivity index is 0.00000306. The number of amides is 1. The number of hydrogen-bond donors (Lipinski definition) is 0. The molecule has 1 amide bonds. The molecule has 33 heavy (non-hydrogen) atoms. The second-order valence-electron chi connectivity index (χ2n) is 9.04. The van der Waals surface area contributed by atoms with Crippen molar-refractivity contribution in [2.75, 3.05) is 38.7 Å². The summed E-state index contributed by atoms with van der Waals surface area (Å²) < 4.78 is 5.44. The number of anilines is 1. The molecule has 0 radical (unpaired) electrons. The summed E-state index contributed by atoms with van der Waals surface area (Å²) in [7, 11) is 3.85. The number of carbonyl (C=O) groups excluding carboxylic acids is 2. The number of rotatable bonds is 10. The van der Waals surface area contributed by atoms with E-state index in [1.165, 1.54) is 16.7 Å². The van der Waals surface area contributed by atoms with Gasteiger partial charge >= 0.3 is 0 Å². The second-order valence-corrected chi connectivity index (χ2v) is 9.04. The summed E-state index contributed by atoms with van der Waals surface area (Å²) >= 11 is 0. The maximum atomic E-state index is 12.9. The molecule has 0 fully saturated rings. The highest BCUT2D eigenvalue weighted by Gasteiger charge is 2.30. The molecule has 0 saturated carbocycles. The van der Waals surface area contributed by atoms with Gasteiger partial charge in [-0.25, -0.2) is 0 Å². The van der Waals surface area contributed by atoms with Crippen molar-refractivity contribution in [2.24, 2.45) is 0 Å². The third-order valence-electron chi connectivity index (χ3n) is 6.75. The number of ether oxygens (including phenoxy) is 1. The van der Waals surface area contributed by atoms with Crippen LogP contribution in [0.4, 0.5) is 5.69 Å². The van der Waals surface area contributed by atoms with Crippen LogP contribution in [0.3, 0.4) is 0 Å². The number of ketones is 1. The van der Waals surface area contributed by atoms with Crippen molar-refractivity contribution in [1.82, 2.24) is 4.90 Å². The SMILES string of the molecule is COc1ccccc1CCN(C)CCCCC(=O)c1cc2c3c(c1)CCC(=O)N3CCC2.Cl. The van der Waals surface area contributed by atoms with Crippen LogP contribution in [0.5, 0.6) is 5.75 Å². The van der Waals surface area contributed by atoms with Crippen LogP contribution in [0.2, 0.25) is 0 Å². The van der Waals surface area contributed by atoms with E-state index >= 15 is 0 Å². The highest BCUT2D eigenvalue weighted by atomic mass is 35.5. The molecule has 2 aromatic rings. The molecule has 0 bridgehead atoms. The van der Waals surface area contributed by atoms with Crippen LogP contribution >= 0.6 is 12.4 Å². The van der Waals surface area contributed by atoms with Crippen molar-refractivity contribution >= 4 is 29.8 Å². The molecule has 0 unspecified atom stereocenters. The van der Waals surface area contributed by atoms with Gasteiger partial charge in [-0.2, -0.15) is 0 Å². The summed E-state index contributed by atoms with van der Waals surface area (Å²) in [5.74, 6) is 1.41. The van der Waals surface area contributed by atoms with Gasteiger partial charge in [0.25, 0.3) is 0 Å². The Morgan fingerprint density at radius 2 is 1.82 bits per heavy atom. The Bertz CT molecular complexity index is 974. The van der Waals surface area contributed by atoms with E-state index in [2.05, 4.69) is 18.0 Å². The zero-order valence-corrected chi connectivity index (χ0v) is 20.6. The fourth-order valence-electron chi connectivity index (χ4n) is 4.96. The molecule has 6 heteroatoms. The Morgan fingerprint density at radius 3 is 2.61 bits per heavy atom. The number of Topliss-reactive ketones (excluding diaryl/α,β-unsaturated/α-hetero) is 1. The maximum absolute atomic E-state index is 12.9. The highest BCUT2D eigenvalue weighted by Crippen LogP contribution is 2.36. The lowest BCUT2D eigenvalue weighted by Gasteiger charge is -2.35. The number of carbonyl (C=O) groups is 2. The number of para-hydroxylation sites is 1. The molecular formula is C27H35ClN2O3. The average Bonchev–Trinajstić information content (AvgIpc) is 2.82. The van der Waals surface area contributed by atoms with E-state index < -0.39 is 0 Å². The molecule has 0 aliphatic carbocycles. The molecule has 5 nitrogen and oxygen atoms in total. The third-order valence-corrected chi connectivity index (χ3v) is 6.75. The first kappa shape index (κ1) is 25.3. The molecule has 2 aliphatic rings. The Morgan fingerprint density at radius 1 is 1.06 bits per heavy atom. The lowest BCUT2D eigenvalue weighted by atomic mass is 9.88. The van der Waals surface area contributed by atoms with Crippen LogP contribution < -0.4 is 9.64 Å². The molecule has 0 aromatic heterocycles. The number of methoxy groups -OCH3 is 1. The summed E-state index contributed by atoms with van der Waals surface area (Å²) in [6.45, 7) is 2.77. The van der Waals surface area contributed by atoms with Gasteiger partial charge < -0.3 is 14.5 Å². The zero-order chi connectivity index (χ0) is 22.5. The highest BCUT2D eigenvalue weighted by molar-refractivity contribution is 6.01. The van der Waals surface area contributed by atoms with Gasteiger partial charge in [0.2, 0.25) is 5.91 Å². The largest absolute Gasteiger partial charge is 0.496 e. The molecule has 2 heterocycles. The van der Waals surface area contributed by atoms with Gasteiger partial charge in [0.05, 0.1) is 12.8 Å². The van der Waals surface area contributed by atoms with E-state index in [1.54, 1.807) is 7.11 Å². The predicted molar refractivity (Wildman–Crippen MR) is 135 cm³/mol. The molecule has 0 spiro atoms. The van der Waals surface area contributed by atoms with E-state index in [9.17, 15) is 9.59 Å². The number of nitrogens with zero attached hydrogens (tertiary/aromatic N) is 2. The minimum atomic E-state index is 0. The second kappa shape index (κ2) is 11.7. The van der Waals surface area contributed by atoms with Gasteiger partial charge in [0, 0.05) is 31.5 Å². The molecule has 4 rings (SSSR count).